The Labute approximate surface area is 148 Å². The second-order valence-electron chi connectivity index (χ2n) is 5.35. The summed E-state index contributed by atoms with van der Waals surface area (Å²) in [7, 11) is 0. The van der Waals surface area contributed by atoms with Crippen molar-refractivity contribution in [2.45, 2.75) is 19.2 Å². The second-order valence-corrected chi connectivity index (χ2v) is 5.35. The van der Waals surface area contributed by atoms with Crippen molar-refractivity contribution in [1.82, 2.24) is 5.32 Å². The summed E-state index contributed by atoms with van der Waals surface area (Å²) in [6.45, 7) is 0.333. The van der Waals surface area contributed by atoms with E-state index in [2.05, 4.69) is 15.4 Å². The van der Waals surface area contributed by atoms with E-state index in [1.54, 1.807) is 24.3 Å². The fourth-order valence-corrected chi connectivity index (χ4v) is 2.11. The Morgan fingerprint density at radius 1 is 0.962 bits per heavy atom. The van der Waals surface area contributed by atoms with Crippen molar-refractivity contribution in [3.05, 3.63) is 60.2 Å². The van der Waals surface area contributed by atoms with Gasteiger partial charge in [0.1, 0.15) is 5.75 Å². The van der Waals surface area contributed by atoms with Crippen LogP contribution in [0.1, 0.15) is 23.2 Å². The van der Waals surface area contributed by atoms with Crippen LogP contribution in [0.2, 0.25) is 0 Å². The normalized spacial score (nSPS) is 10.9. The summed E-state index contributed by atoms with van der Waals surface area (Å²) in [6, 6.07) is 13.6. The number of hydrogen-bond donors (Lipinski definition) is 2. The summed E-state index contributed by atoms with van der Waals surface area (Å²) in [5.41, 5.74) is 0.899. The van der Waals surface area contributed by atoms with E-state index in [0.717, 1.165) is 12.1 Å². The van der Waals surface area contributed by atoms with Crippen molar-refractivity contribution < 1.29 is 27.5 Å². The van der Waals surface area contributed by atoms with Crippen LogP contribution in [0.5, 0.6) is 5.75 Å². The molecule has 0 aromatic heterocycles. The average molecular weight is 366 g/mol. The molecule has 0 unspecified atom stereocenters. The van der Waals surface area contributed by atoms with E-state index in [0.29, 0.717) is 24.2 Å². The van der Waals surface area contributed by atoms with Crippen LogP contribution in [0.25, 0.3) is 0 Å². The van der Waals surface area contributed by atoms with Crippen molar-refractivity contribution in [3.63, 3.8) is 0 Å². The fourth-order valence-electron chi connectivity index (χ4n) is 2.11. The van der Waals surface area contributed by atoms with Crippen LogP contribution in [-0.4, -0.2) is 24.7 Å². The number of hydrogen-bond acceptors (Lipinski definition) is 3. The lowest BCUT2D eigenvalue weighted by Gasteiger charge is -2.10. The predicted octanol–water partition coefficient (Wildman–Crippen LogP) is 3.73. The monoisotopic (exact) mass is 366 g/mol. The lowest BCUT2D eigenvalue weighted by Crippen LogP contribution is -2.25. The van der Waals surface area contributed by atoms with E-state index in [-0.39, 0.29) is 24.0 Å². The molecule has 2 amide bonds. The van der Waals surface area contributed by atoms with E-state index in [1.165, 1.54) is 12.1 Å². The molecule has 2 aromatic carbocycles. The van der Waals surface area contributed by atoms with Gasteiger partial charge < -0.3 is 15.4 Å². The van der Waals surface area contributed by atoms with Gasteiger partial charge in [-0.1, -0.05) is 18.2 Å². The van der Waals surface area contributed by atoms with E-state index >= 15 is 0 Å². The second kappa shape index (κ2) is 8.89. The Hall–Kier alpha value is -3.03. The molecule has 0 aliphatic heterocycles. The summed E-state index contributed by atoms with van der Waals surface area (Å²) in [5.74, 6) is -0.881. The molecule has 26 heavy (non-hydrogen) atoms. The first-order valence-electron chi connectivity index (χ1n) is 7.82. The summed E-state index contributed by atoms with van der Waals surface area (Å²) in [6.07, 6.45) is -4.16. The third-order valence-corrected chi connectivity index (χ3v) is 3.27. The Morgan fingerprint density at radius 3 is 2.23 bits per heavy atom. The van der Waals surface area contributed by atoms with Crippen molar-refractivity contribution in [1.29, 1.82) is 0 Å². The molecular weight excluding hydrogens is 349 g/mol. The highest BCUT2D eigenvalue weighted by Crippen LogP contribution is 2.23. The zero-order valence-corrected chi connectivity index (χ0v) is 13.7. The molecule has 0 fully saturated rings. The highest BCUT2D eigenvalue weighted by atomic mass is 19.4. The number of benzene rings is 2. The van der Waals surface area contributed by atoms with Crippen molar-refractivity contribution in [2.24, 2.45) is 0 Å². The maximum absolute atomic E-state index is 12.1. The molecule has 5 nitrogen and oxygen atoms in total. The molecule has 0 radical (unpaired) electrons. The van der Waals surface area contributed by atoms with E-state index in [4.69, 9.17) is 0 Å². The number of nitrogens with one attached hydrogen (secondary N) is 2. The Morgan fingerprint density at radius 2 is 1.62 bits per heavy atom. The predicted molar refractivity (Wildman–Crippen MR) is 89.8 cm³/mol. The van der Waals surface area contributed by atoms with Crippen molar-refractivity contribution >= 4 is 17.5 Å². The van der Waals surface area contributed by atoms with Gasteiger partial charge in [0.25, 0.3) is 5.91 Å². The quantitative estimate of drug-likeness (QED) is 0.734. The first-order chi connectivity index (χ1) is 12.3. The minimum absolute atomic E-state index is 0.163. The molecule has 0 aliphatic carbocycles. The molecule has 2 rings (SSSR count). The van der Waals surface area contributed by atoms with Crippen LogP contribution in [0.15, 0.2) is 54.6 Å². The van der Waals surface area contributed by atoms with Gasteiger partial charge in [0, 0.05) is 24.2 Å². The third-order valence-electron chi connectivity index (χ3n) is 3.27. The zero-order valence-electron chi connectivity index (χ0n) is 13.7. The van der Waals surface area contributed by atoms with Crippen LogP contribution in [0.4, 0.5) is 18.9 Å². The van der Waals surface area contributed by atoms with Crippen molar-refractivity contribution in [3.8, 4) is 5.75 Å². The summed E-state index contributed by atoms with van der Waals surface area (Å²) < 4.78 is 40.0. The molecule has 0 saturated heterocycles. The van der Waals surface area contributed by atoms with E-state index in [1.807, 2.05) is 6.07 Å². The minimum Gasteiger partial charge on any atom is -0.406 e. The van der Waals surface area contributed by atoms with Crippen LogP contribution in [0, 0.1) is 0 Å². The minimum atomic E-state index is -4.76. The Kier molecular flexibility index (Phi) is 6.60. The number of rotatable bonds is 7. The Bertz CT molecular complexity index is 732. The number of amides is 2. The van der Waals surface area contributed by atoms with Gasteiger partial charge in [-0.3, -0.25) is 9.59 Å². The lowest BCUT2D eigenvalue weighted by molar-refractivity contribution is -0.274. The van der Waals surface area contributed by atoms with Gasteiger partial charge in [0.2, 0.25) is 5.91 Å². The van der Waals surface area contributed by atoms with Gasteiger partial charge >= 0.3 is 6.36 Å². The molecule has 2 N–H and O–H groups in total. The average Bonchev–Trinajstić information content (AvgIpc) is 2.60. The maximum Gasteiger partial charge on any atom is 0.573 e. The van der Waals surface area contributed by atoms with Gasteiger partial charge in [-0.05, 0) is 42.8 Å². The number of alkyl halides is 3. The molecule has 0 saturated carbocycles. The van der Waals surface area contributed by atoms with E-state index in [9.17, 15) is 22.8 Å². The van der Waals surface area contributed by atoms with Crippen LogP contribution >= 0.6 is 0 Å². The largest absolute Gasteiger partial charge is 0.573 e. The Balaban J connectivity index is 1.69. The van der Waals surface area contributed by atoms with Crippen LogP contribution in [-0.2, 0) is 4.79 Å². The van der Waals surface area contributed by atoms with Gasteiger partial charge in [-0.25, -0.2) is 0 Å². The molecule has 8 heteroatoms. The number of carbonyl (C=O) groups excluding carboxylic acids is 2. The zero-order chi connectivity index (χ0) is 19.0. The van der Waals surface area contributed by atoms with Crippen LogP contribution < -0.4 is 15.4 Å². The standard InChI is InChI=1S/C18H17F3N2O3/c19-18(20,21)26-15-10-8-14(9-11-15)23-16(24)7-4-12-22-17(25)13-5-2-1-3-6-13/h1-3,5-6,8-11H,4,7,12H2,(H,22,25)(H,23,24). The number of halogens is 3. The molecule has 0 atom stereocenters. The summed E-state index contributed by atoms with van der Waals surface area (Å²) in [4.78, 5) is 23.6. The molecule has 0 heterocycles. The summed E-state index contributed by atoms with van der Waals surface area (Å²) >= 11 is 0. The lowest BCUT2D eigenvalue weighted by atomic mass is 10.2. The molecule has 0 aliphatic rings. The van der Waals surface area contributed by atoms with Gasteiger partial charge in [-0.15, -0.1) is 13.2 Å². The number of ether oxygens (including phenoxy) is 1. The third kappa shape index (κ3) is 6.84. The fraction of sp³-hybridized carbons (Fsp3) is 0.222. The van der Waals surface area contributed by atoms with E-state index < -0.39 is 6.36 Å². The number of carbonyl (C=O) groups is 2. The highest BCUT2D eigenvalue weighted by molar-refractivity contribution is 5.94. The maximum atomic E-state index is 12.1. The molecule has 0 spiro atoms. The van der Waals surface area contributed by atoms with Gasteiger partial charge in [0.05, 0.1) is 0 Å². The van der Waals surface area contributed by atoms with Gasteiger partial charge in [-0.2, -0.15) is 0 Å². The molecule has 0 bridgehead atoms. The first-order valence-corrected chi connectivity index (χ1v) is 7.82. The highest BCUT2D eigenvalue weighted by Gasteiger charge is 2.30. The van der Waals surface area contributed by atoms with Crippen LogP contribution in [0.3, 0.4) is 0 Å². The smallest absolute Gasteiger partial charge is 0.406 e. The first kappa shape index (κ1) is 19.3. The molecule has 138 valence electrons. The SMILES string of the molecule is O=C(CCCNC(=O)c1ccccc1)Nc1ccc(OC(F)(F)F)cc1. The van der Waals surface area contributed by atoms with Gasteiger partial charge in [0.15, 0.2) is 0 Å². The number of anilines is 1. The van der Waals surface area contributed by atoms with Crippen molar-refractivity contribution in [2.75, 3.05) is 11.9 Å². The molecular formula is C18H17F3N2O3. The molecule has 2 aromatic rings. The topological polar surface area (TPSA) is 67.4 Å². The summed E-state index contributed by atoms with van der Waals surface area (Å²) in [5, 5.41) is 5.27.